The van der Waals surface area contributed by atoms with Gasteiger partial charge in [0.2, 0.25) is 0 Å². The molecule has 0 bridgehead atoms. The van der Waals surface area contributed by atoms with Crippen molar-refractivity contribution in [2.75, 3.05) is 19.7 Å². The lowest BCUT2D eigenvalue weighted by Crippen LogP contribution is -2.28. The average molecular weight is 293 g/mol. The van der Waals surface area contributed by atoms with Crippen LogP contribution in [0, 0.1) is 6.92 Å². The van der Waals surface area contributed by atoms with Crippen LogP contribution >= 0.6 is 0 Å². The topological polar surface area (TPSA) is 49.8 Å². The highest BCUT2D eigenvalue weighted by Gasteiger charge is 2.08. The highest BCUT2D eigenvalue weighted by atomic mass is 16.5. The molecule has 0 saturated carbocycles. The second kappa shape index (κ2) is 9.53. The minimum Gasteiger partial charge on any atom is -0.481 e. The summed E-state index contributed by atoms with van der Waals surface area (Å²) in [5, 5.41) is 8.86. The third-order valence-electron chi connectivity index (χ3n) is 3.24. The first-order chi connectivity index (χ1) is 9.97. The van der Waals surface area contributed by atoms with Crippen LogP contribution in [-0.2, 0) is 16.1 Å². The van der Waals surface area contributed by atoms with Crippen molar-refractivity contribution in [3.8, 4) is 0 Å². The lowest BCUT2D eigenvalue weighted by Gasteiger charge is -2.22. The van der Waals surface area contributed by atoms with E-state index >= 15 is 0 Å². The van der Waals surface area contributed by atoms with E-state index in [9.17, 15) is 4.79 Å². The fourth-order valence-electron chi connectivity index (χ4n) is 2.08. The molecule has 0 heterocycles. The summed E-state index contributed by atoms with van der Waals surface area (Å²) in [6, 6.07) is 8.39. The average Bonchev–Trinajstić information content (AvgIpc) is 2.42. The molecule has 1 aromatic carbocycles. The summed E-state index contributed by atoms with van der Waals surface area (Å²) in [6.45, 7) is 9.04. The molecule has 118 valence electrons. The van der Waals surface area contributed by atoms with Crippen LogP contribution in [0.25, 0.3) is 0 Å². The van der Waals surface area contributed by atoms with Gasteiger partial charge in [0, 0.05) is 26.2 Å². The Labute approximate surface area is 127 Å². The molecule has 0 atom stereocenters. The van der Waals surface area contributed by atoms with E-state index in [-0.39, 0.29) is 12.5 Å². The van der Waals surface area contributed by atoms with E-state index in [1.807, 2.05) is 13.8 Å². The second-order valence-electron chi connectivity index (χ2n) is 5.68. The van der Waals surface area contributed by atoms with Gasteiger partial charge >= 0.3 is 5.97 Å². The normalized spacial score (nSPS) is 11.3. The van der Waals surface area contributed by atoms with Gasteiger partial charge in [0.1, 0.15) is 0 Å². The monoisotopic (exact) mass is 293 g/mol. The third-order valence-corrected chi connectivity index (χ3v) is 3.24. The molecule has 0 aliphatic rings. The number of hydrogen-bond donors (Lipinski definition) is 1. The van der Waals surface area contributed by atoms with Crippen LogP contribution in [0.4, 0.5) is 0 Å². The van der Waals surface area contributed by atoms with Crippen LogP contribution < -0.4 is 0 Å². The van der Waals surface area contributed by atoms with Crippen LogP contribution in [0.1, 0.15) is 37.8 Å². The first kappa shape index (κ1) is 17.7. The van der Waals surface area contributed by atoms with Gasteiger partial charge in [-0.05, 0) is 32.8 Å². The predicted molar refractivity (Wildman–Crippen MR) is 84.4 cm³/mol. The summed E-state index contributed by atoms with van der Waals surface area (Å²) < 4.78 is 5.54. The number of carboxylic acids is 1. The van der Waals surface area contributed by atoms with E-state index in [1.54, 1.807) is 0 Å². The van der Waals surface area contributed by atoms with E-state index in [2.05, 4.69) is 36.1 Å². The molecule has 0 saturated heterocycles. The molecular weight excluding hydrogens is 266 g/mol. The van der Waals surface area contributed by atoms with Crippen LogP contribution in [0.2, 0.25) is 0 Å². The molecule has 0 aromatic heterocycles. The summed E-state index contributed by atoms with van der Waals surface area (Å²) in [4.78, 5) is 13.0. The Morgan fingerprint density at radius 1 is 1.24 bits per heavy atom. The van der Waals surface area contributed by atoms with Crippen molar-refractivity contribution in [1.82, 2.24) is 4.90 Å². The SMILES string of the molecule is Cc1ccc(CN(CCCOC(C)C)CCC(=O)O)cc1. The maximum absolute atomic E-state index is 10.8. The molecule has 0 radical (unpaired) electrons. The fourth-order valence-corrected chi connectivity index (χ4v) is 2.08. The van der Waals surface area contributed by atoms with Gasteiger partial charge in [-0.25, -0.2) is 0 Å². The van der Waals surface area contributed by atoms with E-state index in [0.717, 1.165) is 26.1 Å². The third kappa shape index (κ3) is 8.48. The Bertz CT molecular complexity index is 415. The molecule has 0 amide bonds. The molecule has 0 aliphatic carbocycles. The van der Waals surface area contributed by atoms with Crippen molar-refractivity contribution in [3.05, 3.63) is 35.4 Å². The minimum atomic E-state index is -0.748. The van der Waals surface area contributed by atoms with E-state index in [0.29, 0.717) is 6.54 Å². The van der Waals surface area contributed by atoms with Crippen LogP contribution in [0.15, 0.2) is 24.3 Å². The van der Waals surface area contributed by atoms with Gasteiger partial charge < -0.3 is 9.84 Å². The number of nitrogens with zero attached hydrogens (tertiary/aromatic N) is 1. The molecule has 1 rings (SSSR count). The molecule has 0 spiro atoms. The lowest BCUT2D eigenvalue weighted by atomic mass is 10.1. The van der Waals surface area contributed by atoms with E-state index < -0.39 is 5.97 Å². The van der Waals surface area contributed by atoms with Crippen molar-refractivity contribution in [3.63, 3.8) is 0 Å². The van der Waals surface area contributed by atoms with Gasteiger partial charge in [-0.15, -0.1) is 0 Å². The number of aryl methyl sites for hydroxylation is 1. The highest BCUT2D eigenvalue weighted by Crippen LogP contribution is 2.08. The molecule has 4 nitrogen and oxygen atoms in total. The Kier molecular flexibility index (Phi) is 8.01. The van der Waals surface area contributed by atoms with Gasteiger partial charge in [0.15, 0.2) is 0 Å². The number of carboxylic acid groups (broad SMARTS) is 1. The van der Waals surface area contributed by atoms with Gasteiger partial charge in [-0.3, -0.25) is 9.69 Å². The van der Waals surface area contributed by atoms with Crippen LogP contribution in [-0.4, -0.2) is 41.8 Å². The van der Waals surface area contributed by atoms with E-state index in [1.165, 1.54) is 11.1 Å². The van der Waals surface area contributed by atoms with Crippen LogP contribution in [0.5, 0.6) is 0 Å². The maximum atomic E-state index is 10.8. The smallest absolute Gasteiger partial charge is 0.304 e. The number of hydrogen-bond acceptors (Lipinski definition) is 3. The summed E-state index contributed by atoms with van der Waals surface area (Å²) in [7, 11) is 0. The Hall–Kier alpha value is -1.39. The zero-order chi connectivity index (χ0) is 15.7. The number of aliphatic carboxylic acids is 1. The van der Waals surface area contributed by atoms with Crippen molar-refractivity contribution >= 4 is 5.97 Å². The highest BCUT2D eigenvalue weighted by molar-refractivity contribution is 5.66. The number of ether oxygens (including phenoxy) is 1. The maximum Gasteiger partial charge on any atom is 0.304 e. The molecule has 4 heteroatoms. The molecule has 0 aliphatic heterocycles. The second-order valence-corrected chi connectivity index (χ2v) is 5.68. The Morgan fingerprint density at radius 2 is 1.90 bits per heavy atom. The summed E-state index contributed by atoms with van der Waals surface area (Å²) in [5.41, 5.74) is 2.46. The number of benzene rings is 1. The lowest BCUT2D eigenvalue weighted by molar-refractivity contribution is -0.137. The molecular formula is C17H27NO3. The molecule has 0 unspecified atom stereocenters. The summed E-state index contributed by atoms with van der Waals surface area (Å²) >= 11 is 0. The largest absolute Gasteiger partial charge is 0.481 e. The minimum absolute atomic E-state index is 0.177. The van der Waals surface area contributed by atoms with Crippen molar-refractivity contribution in [2.24, 2.45) is 0 Å². The summed E-state index contributed by atoms with van der Waals surface area (Å²) in [6.07, 6.45) is 1.34. The van der Waals surface area contributed by atoms with Gasteiger partial charge in [0.25, 0.3) is 0 Å². The van der Waals surface area contributed by atoms with Crippen LogP contribution in [0.3, 0.4) is 0 Å². The quantitative estimate of drug-likeness (QED) is 0.674. The molecule has 0 fully saturated rings. The molecule has 21 heavy (non-hydrogen) atoms. The standard InChI is InChI=1S/C17H27NO3/c1-14(2)21-12-4-10-18(11-9-17(19)20)13-16-7-5-15(3)6-8-16/h5-8,14H,4,9-13H2,1-3H3,(H,19,20). The Balaban J connectivity index is 2.46. The fraction of sp³-hybridized carbons (Fsp3) is 0.588. The van der Waals surface area contributed by atoms with Gasteiger partial charge in [0.05, 0.1) is 12.5 Å². The first-order valence-electron chi connectivity index (χ1n) is 7.58. The number of rotatable bonds is 10. The zero-order valence-corrected chi connectivity index (χ0v) is 13.3. The predicted octanol–water partition coefficient (Wildman–Crippen LogP) is 3.09. The Morgan fingerprint density at radius 3 is 2.48 bits per heavy atom. The van der Waals surface area contributed by atoms with Crippen molar-refractivity contribution in [2.45, 2.75) is 46.3 Å². The van der Waals surface area contributed by atoms with Gasteiger partial charge in [-0.2, -0.15) is 0 Å². The number of carbonyl (C=O) groups is 1. The van der Waals surface area contributed by atoms with Gasteiger partial charge in [-0.1, -0.05) is 29.8 Å². The van der Waals surface area contributed by atoms with Crippen molar-refractivity contribution < 1.29 is 14.6 Å². The molecule has 1 N–H and O–H groups in total. The zero-order valence-electron chi connectivity index (χ0n) is 13.3. The molecule has 1 aromatic rings. The van der Waals surface area contributed by atoms with E-state index in [4.69, 9.17) is 9.84 Å². The van der Waals surface area contributed by atoms with Crippen molar-refractivity contribution in [1.29, 1.82) is 0 Å². The first-order valence-corrected chi connectivity index (χ1v) is 7.58. The summed E-state index contributed by atoms with van der Waals surface area (Å²) in [5.74, 6) is -0.748.